The van der Waals surface area contributed by atoms with Crippen molar-refractivity contribution < 1.29 is 4.74 Å². The number of ether oxygens (including phenoxy) is 1. The van der Waals surface area contributed by atoms with Crippen molar-refractivity contribution in [3.05, 3.63) is 27.7 Å². The van der Waals surface area contributed by atoms with Crippen molar-refractivity contribution in [3.63, 3.8) is 0 Å². The molecule has 0 fully saturated rings. The zero-order valence-electron chi connectivity index (χ0n) is 8.47. The van der Waals surface area contributed by atoms with Crippen molar-refractivity contribution in [2.24, 2.45) is 0 Å². The summed E-state index contributed by atoms with van der Waals surface area (Å²) in [6, 6.07) is 5.99. The quantitative estimate of drug-likeness (QED) is 0.809. The van der Waals surface area contributed by atoms with Gasteiger partial charge in [0.05, 0.1) is 17.1 Å². The molecule has 0 N–H and O–H groups in total. The highest BCUT2D eigenvalue weighted by Crippen LogP contribution is 2.32. The molecular weight excluding hydrogens is 242 g/mol. The SMILES string of the molecule is COc1c(Br)cc(C(C)C)cc1C#N. The number of hydrogen-bond donors (Lipinski definition) is 0. The van der Waals surface area contributed by atoms with Crippen LogP contribution >= 0.6 is 15.9 Å². The summed E-state index contributed by atoms with van der Waals surface area (Å²) in [6.07, 6.45) is 0. The maximum absolute atomic E-state index is 8.93. The lowest BCUT2D eigenvalue weighted by atomic mass is 10.0. The first kappa shape index (κ1) is 11.1. The van der Waals surface area contributed by atoms with Gasteiger partial charge in [-0.1, -0.05) is 13.8 Å². The van der Waals surface area contributed by atoms with Gasteiger partial charge in [0.1, 0.15) is 6.07 Å². The fraction of sp³-hybridized carbons (Fsp3) is 0.364. The molecule has 1 rings (SSSR count). The summed E-state index contributed by atoms with van der Waals surface area (Å²) >= 11 is 3.39. The molecule has 74 valence electrons. The van der Waals surface area contributed by atoms with Crippen LogP contribution < -0.4 is 4.74 Å². The van der Waals surface area contributed by atoms with Crippen LogP contribution in [0.1, 0.15) is 30.9 Å². The molecule has 0 aliphatic carbocycles. The molecule has 0 aliphatic heterocycles. The average molecular weight is 254 g/mol. The normalized spacial score (nSPS) is 10.0. The van der Waals surface area contributed by atoms with E-state index in [1.165, 1.54) is 0 Å². The Kier molecular flexibility index (Phi) is 3.54. The highest BCUT2D eigenvalue weighted by Gasteiger charge is 2.10. The molecule has 0 heterocycles. The van der Waals surface area contributed by atoms with E-state index < -0.39 is 0 Å². The second kappa shape index (κ2) is 4.47. The van der Waals surface area contributed by atoms with Gasteiger partial charge < -0.3 is 4.74 Å². The van der Waals surface area contributed by atoms with Gasteiger partial charge in [0.2, 0.25) is 0 Å². The van der Waals surface area contributed by atoms with Crippen LogP contribution in [0, 0.1) is 11.3 Å². The molecule has 2 nitrogen and oxygen atoms in total. The Morgan fingerprint density at radius 1 is 1.43 bits per heavy atom. The number of nitrogens with zero attached hydrogens (tertiary/aromatic N) is 1. The molecule has 0 aliphatic rings. The largest absolute Gasteiger partial charge is 0.494 e. The van der Waals surface area contributed by atoms with Crippen LogP contribution in [0.5, 0.6) is 5.75 Å². The summed E-state index contributed by atoms with van der Waals surface area (Å²) in [6.45, 7) is 4.19. The summed E-state index contributed by atoms with van der Waals surface area (Å²) in [5, 5.41) is 8.93. The van der Waals surface area contributed by atoms with Crippen molar-refractivity contribution >= 4 is 15.9 Å². The second-order valence-electron chi connectivity index (χ2n) is 3.35. The van der Waals surface area contributed by atoms with Crippen molar-refractivity contribution in [2.75, 3.05) is 7.11 Å². The molecule has 14 heavy (non-hydrogen) atoms. The van der Waals surface area contributed by atoms with Crippen molar-refractivity contribution in [1.29, 1.82) is 5.26 Å². The van der Waals surface area contributed by atoms with Crippen LogP contribution in [-0.4, -0.2) is 7.11 Å². The molecular formula is C11H12BrNO. The lowest BCUT2D eigenvalue weighted by Crippen LogP contribution is -1.94. The number of halogens is 1. The zero-order chi connectivity index (χ0) is 10.7. The van der Waals surface area contributed by atoms with Crippen molar-refractivity contribution in [3.8, 4) is 11.8 Å². The summed E-state index contributed by atoms with van der Waals surface area (Å²) in [5.74, 6) is 1.02. The van der Waals surface area contributed by atoms with E-state index in [0.29, 0.717) is 17.2 Å². The van der Waals surface area contributed by atoms with E-state index in [9.17, 15) is 0 Å². The van der Waals surface area contributed by atoms with Crippen LogP contribution in [0.4, 0.5) is 0 Å². The van der Waals surface area contributed by atoms with Gasteiger partial charge in [0, 0.05) is 0 Å². The minimum absolute atomic E-state index is 0.407. The molecule has 0 spiro atoms. The lowest BCUT2D eigenvalue weighted by molar-refractivity contribution is 0.410. The Hall–Kier alpha value is -1.01. The Labute approximate surface area is 92.6 Å². The molecule has 0 saturated carbocycles. The summed E-state index contributed by atoms with van der Waals surface area (Å²) in [4.78, 5) is 0. The summed E-state index contributed by atoms with van der Waals surface area (Å²) < 4.78 is 5.97. The fourth-order valence-corrected chi connectivity index (χ4v) is 1.88. The second-order valence-corrected chi connectivity index (χ2v) is 4.20. The zero-order valence-corrected chi connectivity index (χ0v) is 10.1. The number of rotatable bonds is 2. The van der Waals surface area contributed by atoms with Crippen LogP contribution in [0.25, 0.3) is 0 Å². The first-order valence-electron chi connectivity index (χ1n) is 4.37. The van der Waals surface area contributed by atoms with Gasteiger partial charge in [-0.2, -0.15) is 5.26 Å². The summed E-state index contributed by atoms with van der Waals surface area (Å²) in [5.41, 5.74) is 1.71. The Bertz CT molecular complexity index is 380. The van der Waals surface area contributed by atoms with Gasteiger partial charge in [-0.25, -0.2) is 0 Å². The van der Waals surface area contributed by atoms with E-state index in [1.807, 2.05) is 12.1 Å². The maximum atomic E-state index is 8.93. The minimum atomic E-state index is 0.407. The monoisotopic (exact) mass is 253 g/mol. The molecule has 0 unspecified atom stereocenters. The number of methoxy groups -OCH3 is 1. The van der Waals surface area contributed by atoms with Gasteiger partial charge in [-0.3, -0.25) is 0 Å². The molecule has 1 aromatic carbocycles. The van der Waals surface area contributed by atoms with E-state index in [2.05, 4.69) is 35.8 Å². The predicted molar refractivity (Wildman–Crippen MR) is 59.5 cm³/mol. The number of benzene rings is 1. The molecule has 0 bridgehead atoms. The molecule has 0 radical (unpaired) electrons. The average Bonchev–Trinajstić information content (AvgIpc) is 2.16. The molecule has 0 atom stereocenters. The van der Waals surface area contributed by atoms with E-state index in [-0.39, 0.29) is 0 Å². The molecule has 1 aromatic rings. The van der Waals surface area contributed by atoms with Gasteiger partial charge in [-0.05, 0) is 39.5 Å². The number of hydrogen-bond acceptors (Lipinski definition) is 2. The van der Waals surface area contributed by atoms with Gasteiger partial charge in [-0.15, -0.1) is 0 Å². The topological polar surface area (TPSA) is 33.0 Å². The standard InChI is InChI=1S/C11H12BrNO/c1-7(2)8-4-9(6-13)11(14-3)10(12)5-8/h4-5,7H,1-3H3. The van der Waals surface area contributed by atoms with Gasteiger partial charge >= 0.3 is 0 Å². The Balaban J connectivity index is 3.33. The Morgan fingerprint density at radius 3 is 2.50 bits per heavy atom. The van der Waals surface area contributed by atoms with Crippen LogP contribution in [0.3, 0.4) is 0 Å². The predicted octanol–water partition coefficient (Wildman–Crippen LogP) is 3.45. The smallest absolute Gasteiger partial charge is 0.150 e. The minimum Gasteiger partial charge on any atom is -0.494 e. The first-order chi connectivity index (χ1) is 6.60. The maximum Gasteiger partial charge on any atom is 0.150 e. The van der Waals surface area contributed by atoms with E-state index >= 15 is 0 Å². The van der Waals surface area contributed by atoms with Crippen LogP contribution in [-0.2, 0) is 0 Å². The first-order valence-corrected chi connectivity index (χ1v) is 5.17. The lowest BCUT2D eigenvalue weighted by Gasteiger charge is -2.10. The van der Waals surface area contributed by atoms with Crippen LogP contribution in [0.15, 0.2) is 16.6 Å². The third kappa shape index (κ3) is 2.08. The Morgan fingerprint density at radius 2 is 2.07 bits per heavy atom. The van der Waals surface area contributed by atoms with E-state index in [4.69, 9.17) is 10.00 Å². The van der Waals surface area contributed by atoms with Crippen molar-refractivity contribution in [2.45, 2.75) is 19.8 Å². The molecule has 3 heteroatoms. The third-order valence-corrected chi connectivity index (χ3v) is 2.65. The van der Waals surface area contributed by atoms with Gasteiger partial charge in [0.25, 0.3) is 0 Å². The van der Waals surface area contributed by atoms with Crippen LogP contribution in [0.2, 0.25) is 0 Å². The summed E-state index contributed by atoms with van der Waals surface area (Å²) in [7, 11) is 1.57. The molecule has 0 aromatic heterocycles. The highest BCUT2D eigenvalue weighted by atomic mass is 79.9. The van der Waals surface area contributed by atoms with E-state index in [0.717, 1.165) is 10.0 Å². The van der Waals surface area contributed by atoms with E-state index in [1.54, 1.807) is 7.11 Å². The number of nitriles is 1. The van der Waals surface area contributed by atoms with Crippen molar-refractivity contribution in [1.82, 2.24) is 0 Å². The van der Waals surface area contributed by atoms with Gasteiger partial charge in [0.15, 0.2) is 5.75 Å². The highest BCUT2D eigenvalue weighted by molar-refractivity contribution is 9.10. The third-order valence-electron chi connectivity index (χ3n) is 2.06. The fourth-order valence-electron chi connectivity index (χ4n) is 1.24. The molecule has 0 saturated heterocycles. The molecule has 0 amide bonds.